The summed E-state index contributed by atoms with van der Waals surface area (Å²) >= 11 is 0. The number of carbonyl (C=O) groups is 3. The molecule has 4 aliphatic rings. The summed E-state index contributed by atoms with van der Waals surface area (Å²) in [5.41, 5.74) is -3.50. The van der Waals surface area contributed by atoms with Crippen molar-refractivity contribution >= 4 is 17.3 Å². The molecule has 2 heterocycles. The van der Waals surface area contributed by atoms with Gasteiger partial charge in [-0.25, -0.2) is 0 Å². The lowest BCUT2D eigenvalue weighted by atomic mass is 9.71. The molecule has 1 saturated heterocycles. The Hall–Kier alpha value is -3.65. The highest BCUT2D eigenvalue weighted by Gasteiger charge is 2.50. The predicted octanol–water partition coefficient (Wildman–Crippen LogP) is 0.746. The van der Waals surface area contributed by atoms with E-state index in [0.29, 0.717) is 6.54 Å². The summed E-state index contributed by atoms with van der Waals surface area (Å²) in [4.78, 5) is 42.1. The summed E-state index contributed by atoms with van der Waals surface area (Å²) in [6.07, 6.45) is -0.0343. The third kappa shape index (κ3) is 4.57. The molecule has 0 saturated carbocycles. The summed E-state index contributed by atoms with van der Waals surface area (Å²) < 4.78 is 12.2. The minimum Gasteiger partial charge on any atom is -0.507 e. The van der Waals surface area contributed by atoms with Gasteiger partial charge in [0.1, 0.15) is 29.8 Å². The zero-order valence-electron chi connectivity index (χ0n) is 23.4. The first-order chi connectivity index (χ1) is 20.5. The van der Waals surface area contributed by atoms with Crippen LogP contribution in [0.15, 0.2) is 30.5 Å². The lowest BCUT2D eigenvalue weighted by Crippen LogP contribution is -2.54. The van der Waals surface area contributed by atoms with Crippen LogP contribution in [-0.4, -0.2) is 96.2 Å². The molecule has 0 radical (unpaired) electrons. The molecular weight excluding hydrogens is 562 g/mol. The van der Waals surface area contributed by atoms with E-state index in [0.717, 1.165) is 6.42 Å². The van der Waals surface area contributed by atoms with Crippen LogP contribution in [0.1, 0.15) is 80.8 Å². The van der Waals surface area contributed by atoms with Crippen molar-refractivity contribution in [3.63, 3.8) is 0 Å². The summed E-state index contributed by atoms with van der Waals surface area (Å²) in [5.74, 6) is -3.90. The molecule has 228 valence electrons. The van der Waals surface area contributed by atoms with Crippen LogP contribution in [-0.2, 0) is 27.3 Å². The Morgan fingerprint density at radius 2 is 1.86 bits per heavy atom. The summed E-state index contributed by atoms with van der Waals surface area (Å²) in [6, 6.07) is 3.93. The third-order valence-electron chi connectivity index (χ3n) is 9.08. The number of carbonyl (C=O) groups excluding carboxylic acids is 3. The Balaban J connectivity index is 1.47. The smallest absolute Gasteiger partial charge is 0.198 e. The van der Waals surface area contributed by atoms with Gasteiger partial charge in [0.25, 0.3) is 0 Å². The number of ketones is 3. The second-order valence-corrected chi connectivity index (χ2v) is 11.6. The topological polar surface area (TPSA) is 194 Å². The van der Waals surface area contributed by atoms with Crippen molar-refractivity contribution in [3.05, 3.63) is 69.4 Å². The number of hydrogen-bond donors (Lipinski definition) is 6. The minimum absolute atomic E-state index is 0.0749. The molecule has 43 heavy (non-hydrogen) atoms. The van der Waals surface area contributed by atoms with E-state index >= 15 is 0 Å². The average molecular weight is 596 g/mol. The number of aromatic hydroxyl groups is 2. The predicted molar refractivity (Wildman–Crippen MR) is 147 cm³/mol. The first kappa shape index (κ1) is 29.4. The number of ether oxygens (including phenoxy) is 2. The second-order valence-electron chi connectivity index (χ2n) is 11.6. The standard InChI is InChI=1S/C31H33NO11/c1-14-26(36)18(32-7-2-3-8-32)9-21(42-14)43-19-11-31(41,20(35)13-34)10-17-23(19)30(40)25-24(28(17)38)27(37)16-6-4-5-15(12-33)22(16)29(25)39/h2,4-7,14,18-19,21,26,33-34,36,38,40-41H,3,8-13H2,1H3/t14?,18?,19-,21?,26?,31-/m0/s1. The average Bonchev–Trinajstić information content (AvgIpc) is 3.53. The number of fused-ring (bicyclic) bond motifs is 3. The van der Waals surface area contributed by atoms with Crippen LogP contribution < -0.4 is 0 Å². The maximum atomic E-state index is 13.8. The van der Waals surface area contributed by atoms with Crippen molar-refractivity contribution in [2.24, 2.45) is 0 Å². The van der Waals surface area contributed by atoms with Gasteiger partial charge in [-0.3, -0.25) is 14.4 Å². The second kappa shape index (κ2) is 10.8. The van der Waals surface area contributed by atoms with E-state index in [1.54, 1.807) is 6.92 Å². The van der Waals surface area contributed by atoms with Crippen LogP contribution in [0.4, 0.5) is 0 Å². The highest BCUT2D eigenvalue weighted by molar-refractivity contribution is 6.31. The Kier molecular flexibility index (Phi) is 7.40. The number of aliphatic hydroxyl groups excluding tert-OH is 3. The van der Waals surface area contributed by atoms with E-state index in [4.69, 9.17) is 9.47 Å². The van der Waals surface area contributed by atoms with Gasteiger partial charge in [-0.2, -0.15) is 0 Å². The third-order valence-corrected chi connectivity index (χ3v) is 9.08. The fourth-order valence-corrected chi connectivity index (χ4v) is 6.87. The molecule has 4 unspecified atom stereocenters. The van der Waals surface area contributed by atoms with Crippen molar-refractivity contribution in [1.82, 2.24) is 4.90 Å². The first-order valence-electron chi connectivity index (χ1n) is 14.2. The van der Waals surface area contributed by atoms with Crippen LogP contribution in [0.3, 0.4) is 0 Å². The number of rotatable bonds is 6. The number of phenolic OH excluding ortho intramolecular Hbond substituents is 2. The Labute approximate surface area is 246 Å². The van der Waals surface area contributed by atoms with Crippen molar-refractivity contribution in [1.29, 1.82) is 0 Å². The van der Waals surface area contributed by atoms with Gasteiger partial charge in [0.2, 0.25) is 0 Å². The normalized spacial score (nSPS) is 29.8. The van der Waals surface area contributed by atoms with Gasteiger partial charge in [-0.05, 0) is 25.1 Å². The molecule has 0 spiro atoms. The Bertz CT molecular complexity index is 1550. The van der Waals surface area contributed by atoms with E-state index in [1.807, 2.05) is 17.2 Å². The Morgan fingerprint density at radius 1 is 1.12 bits per heavy atom. The van der Waals surface area contributed by atoms with E-state index in [-0.39, 0.29) is 40.3 Å². The molecule has 6 atom stereocenters. The molecule has 2 aromatic rings. The van der Waals surface area contributed by atoms with E-state index in [1.165, 1.54) is 18.2 Å². The van der Waals surface area contributed by atoms with Gasteiger partial charge < -0.3 is 45.0 Å². The molecule has 2 aliphatic heterocycles. The number of aliphatic hydroxyl groups is 4. The van der Waals surface area contributed by atoms with Crippen molar-refractivity contribution in [2.45, 2.75) is 75.5 Å². The maximum Gasteiger partial charge on any atom is 0.198 e. The highest BCUT2D eigenvalue weighted by atomic mass is 16.7. The van der Waals surface area contributed by atoms with Crippen molar-refractivity contribution < 1.29 is 54.5 Å². The number of Topliss-reactive ketones (excluding diaryl/α,β-unsaturated/α-hetero) is 1. The van der Waals surface area contributed by atoms with Gasteiger partial charge in [-0.1, -0.05) is 24.3 Å². The lowest BCUT2D eigenvalue weighted by Gasteiger charge is -2.44. The SMILES string of the molecule is CC1OC(O[C@H]2C[C@](O)(C(=O)CO)Cc3c(O)c4c(c(O)c32)C(=O)c2c(CO)cccc2C4=O)CC(N2C=CCC2)C1O. The largest absolute Gasteiger partial charge is 0.507 e. The van der Waals surface area contributed by atoms with Gasteiger partial charge >= 0.3 is 0 Å². The van der Waals surface area contributed by atoms with Gasteiger partial charge in [0, 0.05) is 48.1 Å². The molecular formula is C31H33NO11. The molecule has 0 aromatic heterocycles. The number of hydrogen-bond acceptors (Lipinski definition) is 12. The summed E-state index contributed by atoms with van der Waals surface area (Å²) in [7, 11) is 0. The monoisotopic (exact) mass is 595 g/mol. The highest BCUT2D eigenvalue weighted by Crippen LogP contribution is 2.52. The van der Waals surface area contributed by atoms with Crippen LogP contribution in [0.2, 0.25) is 0 Å². The zero-order valence-corrected chi connectivity index (χ0v) is 23.4. The fraction of sp³-hybridized carbons (Fsp3) is 0.452. The fourth-order valence-electron chi connectivity index (χ4n) is 6.87. The molecule has 6 N–H and O–H groups in total. The molecule has 2 aromatic carbocycles. The van der Waals surface area contributed by atoms with Crippen LogP contribution >= 0.6 is 0 Å². The molecule has 1 fully saturated rings. The van der Waals surface area contributed by atoms with Crippen molar-refractivity contribution in [2.75, 3.05) is 13.2 Å². The van der Waals surface area contributed by atoms with Crippen molar-refractivity contribution in [3.8, 4) is 11.5 Å². The number of nitrogens with zero attached hydrogens (tertiary/aromatic N) is 1. The van der Waals surface area contributed by atoms with Crippen LogP contribution in [0.5, 0.6) is 11.5 Å². The molecule has 0 bridgehead atoms. The van der Waals surface area contributed by atoms with E-state index in [9.17, 15) is 45.0 Å². The first-order valence-corrected chi connectivity index (χ1v) is 14.2. The van der Waals surface area contributed by atoms with Gasteiger partial charge in [0.05, 0.1) is 36.0 Å². The minimum atomic E-state index is -2.24. The van der Waals surface area contributed by atoms with Gasteiger partial charge in [0.15, 0.2) is 23.6 Å². The van der Waals surface area contributed by atoms with Crippen LogP contribution in [0, 0.1) is 0 Å². The maximum absolute atomic E-state index is 13.8. The van der Waals surface area contributed by atoms with Crippen LogP contribution in [0.25, 0.3) is 0 Å². The molecule has 12 nitrogen and oxygen atoms in total. The van der Waals surface area contributed by atoms with E-state index < -0.39 is 96.2 Å². The Morgan fingerprint density at radius 3 is 2.53 bits per heavy atom. The molecule has 2 aliphatic carbocycles. The molecule has 0 amide bonds. The summed E-state index contributed by atoms with van der Waals surface area (Å²) in [5, 5.41) is 64.8. The number of benzene rings is 2. The number of phenols is 2. The quantitative estimate of drug-likeness (QED) is 0.219. The zero-order chi connectivity index (χ0) is 30.8. The molecule has 6 rings (SSSR count). The lowest BCUT2D eigenvalue weighted by molar-refractivity contribution is -0.256. The van der Waals surface area contributed by atoms with Gasteiger partial charge in [-0.15, -0.1) is 0 Å². The van der Waals surface area contributed by atoms with E-state index in [2.05, 4.69) is 0 Å². The summed E-state index contributed by atoms with van der Waals surface area (Å²) in [6.45, 7) is 0.797. The molecule has 12 heteroatoms.